The van der Waals surface area contributed by atoms with Crippen molar-refractivity contribution >= 4 is 17.9 Å². The summed E-state index contributed by atoms with van der Waals surface area (Å²) in [5.74, 6) is -2.74. The van der Waals surface area contributed by atoms with E-state index in [2.05, 4.69) is 20.8 Å². The van der Waals surface area contributed by atoms with E-state index in [-0.39, 0.29) is 108 Å². The number of hydrogen-bond acceptors (Lipinski definition) is 6. The van der Waals surface area contributed by atoms with Crippen LogP contribution >= 0.6 is 0 Å². The van der Waals surface area contributed by atoms with E-state index in [4.69, 9.17) is 0 Å². The van der Waals surface area contributed by atoms with E-state index in [1.165, 1.54) is 103 Å². The van der Waals surface area contributed by atoms with E-state index < -0.39 is 17.9 Å². The van der Waals surface area contributed by atoms with Crippen molar-refractivity contribution in [3.05, 3.63) is 0 Å². The third-order valence-electron chi connectivity index (χ3n) is 6.20. The molecule has 0 aromatic heterocycles. The molecule has 6 nitrogen and oxygen atoms in total. The first-order valence-corrected chi connectivity index (χ1v) is 15.4. The van der Waals surface area contributed by atoms with Gasteiger partial charge in [0, 0.05) is 17.9 Å². The van der Waals surface area contributed by atoms with Gasteiger partial charge in [-0.1, -0.05) is 143 Å². The number of aliphatic carboxylic acids is 3. The van der Waals surface area contributed by atoms with Gasteiger partial charge in [-0.15, -0.1) is 0 Å². The van der Waals surface area contributed by atoms with Crippen molar-refractivity contribution in [1.82, 2.24) is 0 Å². The predicted molar refractivity (Wildman–Crippen MR) is 147 cm³/mol. The van der Waals surface area contributed by atoms with Crippen molar-refractivity contribution in [3.8, 4) is 0 Å². The van der Waals surface area contributed by atoms with E-state index in [0.717, 1.165) is 38.5 Å². The number of carbonyl (C=O) groups excluding carboxylic acids is 3. The van der Waals surface area contributed by atoms with Crippen molar-refractivity contribution in [1.29, 1.82) is 0 Å². The van der Waals surface area contributed by atoms with Crippen LogP contribution in [-0.2, 0) is 14.4 Å². The average Bonchev–Trinajstić information content (AvgIpc) is 2.85. The summed E-state index contributed by atoms with van der Waals surface area (Å²) in [4.78, 5) is 30.1. The van der Waals surface area contributed by atoms with Crippen molar-refractivity contribution in [3.63, 3.8) is 0 Å². The van der Waals surface area contributed by atoms with Crippen LogP contribution in [0.15, 0.2) is 0 Å². The molecule has 0 radical (unpaired) electrons. The summed E-state index contributed by atoms with van der Waals surface area (Å²) in [5.41, 5.74) is 0. The van der Waals surface area contributed by atoms with Crippen LogP contribution in [0.25, 0.3) is 0 Å². The van der Waals surface area contributed by atoms with E-state index in [1.54, 1.807) is 0 Å². The fourth-order valence-corrected chi connectivity index (χ4v) is 3.86. The number of unbranched alkanes of at least 4 members (excludes halogenated alkanes) is 19. The molecule has 40 heavy (non-hydrogen) atoms. The largest absolute Gasteiger partial charge is 1.00 e. The molecule has 0 N–H and O–H groups in total. The molecule has 222 valence electrons. The van der Waals surface area contributed by atoms with E-state index in [0.29, 0.717) is 0 Å². The molecule has 0 atom stereocenters. The minimum atomic E-state index is -0.916. The molecule has 0 aromatic carbocycles. The quantitative estimate of drug-likeness (QED) is 0.0821. The average molecular weight is 597 g/mol. The van der Waals surface area contributed by atoms with Crippen LogP contribution in [0.3, 0.4) is 0 Å². The summed E-state index contributed by atoms with van der Waals surface area (Å²) >= 11 is 0. The summed E-state index contributed by atoms with van der Waals surface area (Å²) in [7, 11) is 0. The third-order valence-corrected chi connectivity index (χ3v) is 6.20. The normalized spacial score (nSPS) is 9.38. The third kappa shape index (κ3) is 67.2. The Kier molecular flexibility index (Phi) is 67.5. The molecule has 0 aromatic rings. The smallest absolute Gasteiger partial charge is 0.550 e. The van der Waals surface area contributed by atoms with Crippen LogP contribution in [0.2, 0.25) is 0 Å². The Morgan fingerprint density at radius 2 is 0.475 bits per heavy atom. The Bertz CT molecular complexity index is 494. The van der Waals surface area contributed by atoms with Crippen LogP contribution in [-0.4, -0.2) is 17.9 Å². The number of carboxylic acid groups (broad SMARTS) is 3. The van der Waals surface area contributed by atoms with Gasteiger partial charge >= 0.3 is 88.7 Å². The first kappa shape index (κ1) is 53.9. The summed E-state index contributed by atoms with van der Waals surface area (Å²) in [6.07, 6.45) is 26.5. The van der Waals surface area contributed by atoms with Crippen LogP contribution in [0.1, 0.15) is 181 Å². The molecule has 0 fully saturated rings. The number of hydrogen-bond donors (Lipinski definition) is 0. The second-order valence-electron chi connectivity index (χ2n) is 10.1. The van der Waals surface area contributed by atoms with Gasteiger partial charge in [0.2, 0.25) is 0 Å². The van der Waals surface area contributed by atoms with Crippen LogP contribution in [0, 0.1) is 0 Å². The molecule has 0 heterocycles. The van der Waals surface area contributed by atoms with Crippen molar-refractivity contribution < 1.29 is 118 Å². The molecule has 0 unspecified atom stereocenters. The molecular weight excluding hydrogens is 537 g/mol. The fourth-order valence-electron chi connectivity index (χ4n) is 3.86. The maximum atomic E-state index is 10.1. The SMILES string of the molecule is CCCCCCCCC(=O)[O-].CCCCCCCCCC(=O)[O-].CCCCCCCCCCCC(=O)[O-].[Na+].[Na+].[Na+]. The van der Waals surface area contributed by atoms with Crippen molar-refractivity contribution in [2.75, 3.05) is 0 Å². The summed E-state index contributed by atoms with van der Waals surface area (Å²) < 4.78 is 0. The molecule has 0 saturated carbocycles. The second kappa shape index (κ2) is 50.1. The molecule has 9 heteroatoms. The molecule has 0 amide bonds. The zero-order valence-electron chi connectivity index (χ0n) is 27.6. The Morgan fingerprint density at radius 1 is 0.325 bits per heavy atom. The van der Waals surface area contributed by atoms with Crippen molar-refractivity contribution in [2.24, 2.45) is 0 Å². The summed E-state index contributed by atoms with van der Waals surface area (Å²) in [5, 5.41) is 30.1. The number of rotatable bonds is 25. The minimum Gasteiger partial charge on any atom is -0.550 e. The number of carbonyl (C=O) groups is 3. The van der Waals surface area contributed by atoms with Gasteiger partial charge in [-0.2, -0.15) is 0 Å². The Balaban J connectivity index is -0.000000105. The Labute approximate surface area is 314 Å². The maximum Gasteiger partial charge on any atom is 1.00 e. The monoisotopic (exact) mass is 596 g/mol. The molecule has 0 spiro atoms. The van der Waals surface area contributed by atoms with Crippen molar-refractivity contribution in [2.45, 2.75) is 181 Å². The van der Waals surface area contributed by atoms with Gasteiger partial charge in [0.25, 0.3) is 0 Å². The van der Waals surface area contributed by atoms with Crippen LogP contribution in [0.4, 0.5) is 0 Å². The predicted octanol–water partition coefficient (Wildman–Crippen LogP) is -2.97. The van der Waals surface area contributed by atoms with E-state index >= 15 is 0 Å². The Morgan fingerprint density at radius 3 is 0.625 bits per heavy atom. The van der Waals surface area contributed by atoms with Crippen LogP contribution in [0.5, 0.6) is 0 Å². The van der Waals surface area contributed by atoms with Gasteiger partial charge < -0.3 is 29.7 Å². The molecule has 0 bridgehead atoms. The standard InChI is InChI=1S/C12H24O2.C10H20O2.C9H18O2.3Na/c1-2-3-4-5-6-7-8-9-10-11-12(13)14;1-2-3-4-5-6-7-8-9-10(11)12;1-2-3-4-5-6-7-8-9(10)11;;;/h2-11H2,1H3,(H,13,14);2-9H2,1H3,(H,11,12);2-8H2,1H3,(H,10,11);;;/q;;;3*+1/p-3. The molecule has 0 rings (SSSR count). The zero-order valence-corrected chi connectivity index (χ0v) is 33.6. The molecule has 0 aliphatic rings. The molecule has 0 aliphatic heterocycles. The van der Waals surface area contributed by atoms with E-state index in [1.807, 2.05) is 0 Å². The van der Waals surface area contributed by atoms with Gasteiger partial charge in [-0.3, -0.25) is 0 Å². The molecule has 0 saturated heterocycles. The van der Waals surface area contributed by atoms with Crippen LogP contribution < -0.4 is 104 Å². The van der Waals surface area contributed by atoms with Gasteiger partial charge in [-0.05, 0) is 38.5 Å². The first-order chi connectivity index (χ1) is 17.8. The molecular formula is C31H59Na3O6. The van der Waals surface area contributed by atoms with E-state index in [9.17, 15) is 29.7 Å². The van der Waals surface area contributed by atoms with Gasteiger partial charge in [-0.25, -0.2) is 0 Å². The van der Waals surface area contributed by atoms with Gasteiger partial charge in [0.05, 0.1) is 0 Å². The fraction of sp³-hybridized carbons (Fsp3) is 0.903. The Hall–Kier alpha value is 1.41. The second-order valence-corrected chi connectivity index (χ2v) is 10.1. The topological polar surface area (TPSA) is 120 Å². The number of carboxylic acids is 3. The van der Waals surface area contributed by atoms with Gasteiger partial charge in [0.1, 0.15) is 0 Å². The maximum absolute atomic E-state index is 10.1. The summed E-state index contributed by atoms with van der Waals surface area (Å²) in [6.45, 7) is 6.58. The first-order valence-electron chi connectivity index (χ1n) is 15.4. The minimum absolute atomic E-state index is 0. The van der Waals surface area contributed by atoms with Gasteiger partial charge in [0.15, 0.2) is 0 Å². The molecule has 0 aliphatic carbocycles. The zero-order chi connectivity index (χ0) is 28.4. The summed E-state index contributed by atoms with van der Waals surface area (Å²) in [6, 6.07) is 0.